The molecule has 2 atom stereocenters. The van der Waals surface area contributed by atoms with Gasteiger partial charge in [-0.25, -0.2) is 0 Å². The van der Waals surface area contributed by atoms with Gasteiger partial charge in [0.25, 0.3) is 0 Å². The van der Waals surface area contributed by atoms with Crippen molar-refractivity contribution in [3.05, 3.63) is 34.2 Å². The van der Waals surface area contributed by atoms with Crippen LogP contribution in [0.2, 0.25) is 0 Å². The highest BCUT2D eigenvalue weighted by atomic mass is 16.5. The van der Waals surface area contributed by atoms with Crippen molar-refractivity contribution >= 4 is 0 Å². The van der Waals surface area contributed by atoms with E-state index in [-0.39, 0.29) is 6.54 Å². The first-order valence-electron chi connectivity index (χ1n) is 5.23. The summed E-state index contributed by atoms with van der Waals surface area (Å²) in [5.74, 6) is 0.781. The average molecular weight is 253 g/mol. The fraction of sp³-hybridized carbons (Fsp3) is 0.455. The van der Waals surface area contributed by atoms with Crippen molar-refractivity contribution in [2.75, 3.05) is 20.8 Å². The minimum Gasteiger partial charge on any atom is -0.496 e. The van der Waals surface area contributed by atoms with Crippen LogP contribution in [0.1, 0.15) is 11.7 Å². The van der Waals surface area contributed by atoms with Crippen LogP contribution in [-0.2, 0) is 0 Å². The lowest BCUT2D eigenvalue weighted by atomic mass is 10.0. The Hall–Kier alpha value is -1.95. The van der Waals surface area contributed by atoms with E-state index in [0.717, 1.165) is 0 Å². The van der Waals surface area contributed by atoms with Crippen LogP contribution in [-0.4, -0.2) is 37.1 Å². The first-order chi connectivity index (χ1) is 8.65. The fourth-order valence-electron chi connectivity index (χ4n) is 1.58. The summed E-state index contributed by atoms with van der Waals surface area (Å²) in [5.41, 5.74) is 8.51. The van der Waals surface area contributed by atoms with Crippen molar-refractivity contribution < 1.29 is 19.7 Å². The van der Waals surface area contributed by atoms with Crippen LogP contribution in [0.4, 0.5) is 0 Å². The van der Waals surface area contributed by atoms with Crippen molar-refractivity contribution in [3.63, 3.8) is 0 Å². The number of methoxy groups -OCH3 is 2. The Morgan fingerprint density at radius 3 is 2.28 bits per heavy atom. The molecule has 7 heteroatoms. The van der Waals surface area contributed by atoms with Gasteiger partial charge in [-0.1, -0.05) is 11.2 Å². The van der Waals surface area contributed by atoms with Crippen LogP contribution in [0.15, 0.2) is 23.3 Å². The van der Waals surface area contributed by atoms with Crippen molar-refractivity contribution in [1.82, 2.24) is 0 Å². The molecule has 1 aromatic rings. The van der Waals surface area contributed by atoms with E-state index in [9.17, 15) is 10.2 Å². The molecule has 0 aliphatic rings. The molecule has 0 aliphatic heterocycles. The Labute approximate surface area is 104 Å². The number of aliphatic hydroxyl groups excluding tert-OH is 2. The Morgan fingerprint density at radius 1 is 1.28 bits per heavy atom. The molecule has 0 bridgehead atoms. The van der Waals surface area contributed by atoms with Gasteiger partial charge >= 0.3 is 0 Å². The molecule has 0 spiro atoms. The van der Waals surface area contributed by atoms with Gasteiger partial charge < -0.3 is 19.7 Å². The molecule has 1 aromatic carbocycles. The molecule has 0 fully saturated rings. The maximum Gasteiger partial charge on any atom is 0.128 e. The minimum absolute atomic E-state index is 0.237. The number of rotatable bonds is 6. The highest BCUT2D eigenvalue weighted by Crippen LogP contribution is 2.35. The van der Waals surface area contributed by atoms with Crippen LogP contribution in [0.5, 0.6) is 11.5 Å². The second-order valence-electron chi connectivity index (χ2n) is 3.50. The molecule has 0 saturated carbocycles. The molecule has 0 radical (unpaired) electrons. The summed E-state index contributed by atoms with van der Waals surface area (Å²) in [5, 5.41) is 23.0. The van der Waals surface area contributed by atoms with Crippen LogP contribution in [0.3, 0.4) is 0 Å². The van der Waals surface area contributed by atoms with Crippen molar-refractivity contribution in [2.45, 2.75) is 12.2 Å². The molecule has 7 nitrogen and oxygen atoms in total. The van der Waals surface area contributed by atoms with E-state index in [1.54, 1.807) is 18.2 Å². The van der Waals surface area contributed by atoms with E-state index in [1.807, 2.05) is 0 Å². The molecule has 0 aromatic heterocycles. The van der Waals surface area contributed by atoms with Gasteiger partial charge in [-0.3, -0.25) is 0 Å². The Morgan fingerprint density at radius 2 is 1.83 bits per heavy atom. The van der Waals surface area contributed by atoms with Gasteiger partial charge in [-0.05, 0) is 17.7 Å². The van der Waals surface area contributed by atoms with Crippen molar-refractivity contribution in [3.8, 4) is 11.5 Å². The number of aliphatic hydroxyl groups is 2. The fourth-order valence-corrected chi connectivity index (χ4v) is 1.58. The highest BCUT2D eigenvalue weighted by molar-refractivity contribution is 5.46. The molecule has 0 amide bonds. The second kappa shape index (κ2) is 6.70. The Kier molecular flexibility index (Phi) is 5.26. The van der Waals surface area contributed by atoms with Crippen LogP contribution in [0, 0.1) is 0 Å². The van der Waals surface area contributed by atoms with Crippen molar-refractivity contribution in [2.24, 2.45) is 5.11 Å². The molecular formula is C11H15N3O4. The molecule has 98 valence electrons. The largest absolute Gasteiger partial charge is 0.496 e. The van der Waals surface area contributed by atoms with E-state index < -0.39 is 12.2 Å². The lowest BCUT2D eigenvalue weighted by molar-refractivity contribution is 0.0215. The Balaban J connectivity index is 3.09. The summed E-state index contributed by atoms with van der Waals surface area (Å²) >= 11 is 0. The number of hydrogen-bond acceptors (Lipinski definition) is 5. The molecule has 0 saturated heterocycles. The van der Waals surface area contributed by atoms with Crippen LogP contribution < -0.4 is 9.47 Å². The van der Waals surface area contributed by atoms with Gasteiger partial charge in [0.15, 0.2) is 0 Å². The third-order valence-corrected chi connectivity index (χ3v) is 2.46. The average Bonchev–Trinajstić information content (AvgIpc) is 2.42. The van der Waals surface area contributed by atoms with Crippen LogP contribution >= 0.6 is 0 Å². The SMILES string of the molecule is COc1cccc(OC)c1C(O)C(O)CN=[N+]=[N-]. The second-order valence-corrected chi connectivity index (χ2v) is 3.50. The lowest BCUT2D eigenvalue weighted by Crippen LogP contribution is -2.22. The molecule has 2 N–H and O–H groups in total. The summed E-state index contributed by atoms with van der Waals surface area (Å²) in [4.78, 5) is 2.53. The topological polar surface area (TPSA) is 108 Å². The smallest absolute Gasteiger partial charge is 0.128 e. The number of benzene rings is 1. The quantitative estimate of drug-likeness (QED) is 0.454. The summed E-state index contributed by atoms with van der Waals surface area (Å²) in [6.07, 6.45) is -2.49. The first kappa shape index (κ1) is 14.1. The van der Waals surface area contributed by atoms with Gasteiger partial charge in [0.2, 0.25) is 0 Å². The number of hydrogen-bond donors (Lipinski definition) is 2. The third-order valence-electron chi connectivity index (χ3n) is 2.46. The standard InChI is InChI=1S/C11H15N3O4/c1-17-8-4-3-5-9(18-2)10(8)11(16)7(15)6-13-14-12/h3-5,7,11,15-16H,6H2,1-2H3. The van der Waals surface area contributed by atoms with Crippen molar-refractivity contribution in [1.29, 1.82) is 0 Å². The first-order valence-corrected chi connectivity index (χ1v) is 5.23. The van der Waals surface area contributed by atoms with E-state index in [2.05, 4.69) is 10.0 Å². The van der Waals surface area contributed by atoms with Gasteiger partial charge in [0.1, 0.15) is 17.6 Å². The van der Waals surface area contributed by atoms with Gasteiger partial charge in [-0.15, -0.1) is 0 Å². The lowest BCUT2D eigenvalue weighted by Gasteiger charge is -2.21. The van der Waals surface area contributed by atoms with E-state index in [4.69, 9.17) is 15.0 Å². The third kappa shape index (κ3) is 3.04. The highest BCUT2D eigenvalue weighted by Gasteiger charge is 2.24. The zero-order chi connectivity index (χ0) is 13.5. The summed E-state index contributed by atoms with van der Waals surface area (Å²) in [7, 11) is 2.90. The predicted octanol–water partition coefficient (Wildman–Crippen LogP) is 1.41. The molecule has 0 aliphatic carbocycles. The van der Waals surface area contributed by atoms with E-state index in [0.29, 0.717) is 17.1 Å². The molecule has 18 heavy (non-hydrogen) atoms. The monoisotopic (exact) mass is 253 g/mol. The number of azide groups is 1. The Bertz CT molecular complexity index is 424. The normalized spacial score (nSPS) is 13.3. The zero-order valence-electron chi connectivity index (χ0n) is 10.1. The van der Waals surface area contributed by atoms with E-state index in [1.165, 1.54) is 14.2 Å². The number of ether oxygens (including phenoxy) is 2. The van der Waals surface area contributed by atoms with Gasteiger partial charge in [0.05, 0.1) is 32.4 Å². The number of nitrogens with zero attached hydrogens (tertiary/aromatic N) is 3. The molecular weight excluding hydrogens is 238 g/mol. The zero-order valence-corrected chi connectivity index (χ0v) is 10.1. The van der Waals surface area contributed by atoms with E-state index >= 15 is 0 Å². The molecule has 0 heterocycles. The molecule has 2 unspecified atom stereocenters. The molecule has 1 rings (SSSR count). The van der Waals surface area contributed by atoms with Gasteiger partial charge in [0, 0.05) is 4.91 Å². The maximum absolute atomic E-state index is 10.0. The summed E-state index contributed by atoms with van der Waals surface area (Å²) < 4.78 is 10.2. The summed E-state index contributed by atoms with van der Waals surface area (Å²) in [6, 6.07) is 4.98. The maximum atomic E-state index is 10.0. The summed E-state index contributed by atoms with van der Waals surface area (Å²) in [6.45, 7) is -0.237. The van der Waals surface area contributed by atoms with Crippen LogP contribution in [0.25, 0.3) is 10.4 Å². The predicted molar refractivity (Wildman–Crippen MR) is 64.5 cm³/mol. The van der Waals surface area contributed by atoms with Gasteiger partial charge in [-0.2, -0.15) is 0 Å². The minimum atomic E-state index is -1.26.